The van der Waals surface area contributed by atoms with Crippen molar-refractivity contribution in [2.24, 2.45) is 0 Å². The number of hydrogen-bond acceptors (Lipinski definition) is 3. The van der Waals surface area contributed by atoms with Gasteiger partial charge in [0.1, 0.15) is 0 Å². The Labute approximate surface area is 62.2 Å². The third-order valence-corrected chi connectivity index (χ3v) is 1.23. The highest BCUT2D eigenvalue weighted by molar-refractivity contribution is 4.45. The van der Waals surface area contributed by atoms with Crippen LogP contribution >= 0.6 is 0 Å². The predicted octanol–water partition coefficient (Wildman–Crippen LogP) is 1.96. The van der Waals surface area contributed by atoms with Gasteiger partial charge < -0.3 is 5.11 Å². The van der Waals surface area contributed by atoms with Crippen molar-refractivity contribution in [1.29, 1.82) is 0 Å². The summed E-state index contributed by atoms with van der Waals surface area (Å²) in [5, 5.41) is 20.8. The lowest BCUT2D eigenvalue weighted by Gasteiger charge is -2.00. The van der Waals surface area contributed by atoms with E-state index in [4.69, 9.17) is 15.6 Å². The van der Waals surface area contributed by atoms with Crippen LogP contribution in [0.3, 0.4) is 0 Å². The topological polar surface area (TPSA) is 60.7 Å². The fraction of sp³-hybridized carbons (Fsp3) is 1.00. The lowest BCUT2D eigenvalue weighted by molar-refractivity contribution is -0.176. The molecule has 0 aliphatic heterocycles. The van der Waals surface area contributed by atoms with Crippen molar-refractivity contribution in [3.8, 4) is 0 Å². The van der Waals surface area contributed by atoms with E-state index in [-0.39, 0.29) is 6.10 Å². The molecule has 10 heavy (non-hydrogen) atoms. The summed E-state index contributed by atoms with van der Waals surface area (Å²) >= 11 is 0. The average molecular weight is 150 g/mol. The van der Waals surface area contributed by atoms with E-state index in [0.717, 1.165) is 6.42 Å². The first-order valence-corrected chi connectivity index (χ1v) is 3.65. The molecule has 0 aromatic heterocycles. The molecular weight excluding hydrogens is 132 g/mol. The Morgan fingerprint density at radius 2 is 1.70 bits per heavy atom. The van der Waals surface area contributed by atoms with Crippen molar-refractivity contribution in [2.45, 2.75) is 45.6 Å². The molecule has 3 nitrogen and oxygen atoms in total. The van der Waals surface area contributed by atoms with Crippen molar-refractivity contribution in [1.82, 2.24) is 0 Å². The summed E-state index contributed by atoms with van der Waals surface area (Å²) in [6.07, 6.45) is 4.54. The molecule has 0 heterocycles. The van der Waals surface area contributed by atoms with Crippen LogP contribution in [0.15, 0.2) is 0 Å². The molecule has 64 valence electrons. The van der Waals surface area contributed by atoms with E-state index in [2.05, 4.69) is 6.92 Å². The first kappa shape index (κ1) is 12.5. The molecule has 0 spiro atoms. The minimum Gasteiger partial charge on any atom is -0.393 e. The SMILES string of the molecule is CCCCCC(C)O.OO. The normalized spacial score (nSPS) is 11.7. The predicted molar refractivity (Wildman–Crippen MR) is 41.1 cm³/mol. The van der Waals surface area contributed by atoms with Gasteiger partial charge in [-0.1, -0.05) is 26.2 Å². The van der Waals surface area contributed by atoms with E-state index < -0.39 is 0 Å². The summed E-state index contributed by atoms with van der Waals surface area (Å²) in [6, 6.07) is 0. The third kappa shape index (κ3) is 15.7. The molecule has 0 amide bonds. The van der Waals surface area contributed by atoms with Gasteiger partial charge in [0.05, 0.1) is 6.10 Å². The maximum absolute atomic E-state index is 8.78. The highest BCUT2D eigenvalue weighted by Gasteiger charge is 1.92. The van der Waals surface area contributed by atoms with Crippen LogP contribution in [0.25, 0.3) is 0 Å². The zero-order valence-corrected chi connectivity index (χ0v) is 6.75. The van der Waals surface area contributed by atoms with E-state index in [1.807, 2.05) is 6.92 Å². The van der Waals surface area contributed by atoms with E-state index in [0.29, 0.717) is 0 Å². The van der Waals surface area contributed by atoms with Crippen LogP contribution in [0.1, 0.15) is 39.5 Å². The van der Waals surface area contributed by atoms with Crippen LogP contribution in [-0.2, 0) is 0 Å². The Morgan fingerprint density at radius 3 is 2.00 bits per heavy atom. The van der Waals surface area contributed by atoms with Crippen molar-refractivity contribution in [2.75, 3.05) is 0 Å². The van der Waals surface area contributed by atoms with Gasteiger partial charge in [-0.3, -0.25) is 10.5 Å². The van der Waals surface area contributed by atoms with Gasteiger partial charge in [-0.15, -0.1) is 0 Å². The van der Waals surface area contributed by atoms with Gasteiger partial charge in [0.15, 0.2) is 0 Å². The maximum atomic E-state index is 8.78. The monoisotopic (exact) mass is 150 g/mol. The van der Waals surface area contributed by atoms with E-state index in [1.54, 1.807) is 0 Å². The summed E-state index contributed by atoms with van der Waals surface area (Å²) < 4.78 is 0. The molecule has 1 unspecified atom stereocenters. The van der Waals surface area contributed by atoms with Gasteiger partial charge in [-0.25, -0.2) is 0 Å². The number of rotatable bonds is 4. The highest BCUT2D eigenvalue weighted by atomic mass is 17.0. The summed E-state index contributed by atoms with van der Waals surface area (Å²) in [5.74, 6) is 0. The van der Waals surface area contributed by atoms with Crippen molar-refractivity contribution >= 4 is 0 Å². The second-order valence-electron chi connectivity index (χ2n) is 2.34. The molecule has 3 N–H and O–H groups in total. The molecule has 3 heteroatoms. The molecule has 0 saturated carbocycles. The van der Waals surface area contributed by atoms with Crippen LogP contribution in [-0.4, -0.2) is 21.7 Å². The Kier molecular flexibility index (Phi) is 14.6. The van der Waals surface area contributed by atoms with Crippen LogP contribution in [0.4, 0.5) is 0 Å². The van der Waals surface area contributed by atoms with Crippen molar-refractivity contribution in [3.63, 3.8) is 0 Å². The Morgan fingerprint density at radius 1 is 1.20 bits per heavy atom. The molecule has 0 aliphatic carbocycles. The molecule has 0 bridgehead atoms. The molecule has 0 aliphatic rings. The van der Waals surface area contributed by atoms with Gasteiger partial charge in [-0.05, 0) is 13.3 Å². The molecule has 0 aromatic rings. The number of unbranched alkanes of at least 4 members (excludes halogenated alkanes) is 2. The molecule has 0 radical (unpaired) electrons. The molecule has 0 saturated heterocycles. The molecule has 0 aromatic carbocycles. The van der Waals surface area contributed by atoms with Crippen LogP contribution in [0.5, 0.6) is 0 Å². The van der Waals surface area contributed by atoms with Crippen molar-refractivity contribution < 1.29 is 15.6 Å². The summed E-state index contributed by atoms with van der Waals surface area (Å²) in [6.45, 7) is 4.01. The fourth-order valence-corrected chi connectivity index (χ4v) is 0.690. The Balaban J connectivity index is 0. The second kappa shape index (κ2) is 11.6. The zero-order chi connectivity index (χ0) is 8.41. The van der Waals surface area contributed by atoms with E-state index >= 15 is 0 Å². The van der Waals surface area contributed by atoms with E-state index in [9.17, 15) is 0 Å². The summed E-state index contributed by atoms with van der Waals surface area (Å²) in [4.78, 5) is 0. The highest BCUT2D eigenvalue weighted by Crippen LogP contribution is 2.01. The summed E-state index contributed by atoms with van der Waals surface area (Å²) in [7, 11) is 0. The quantitative estimate of drug-likeness (QED) is 0.326. The lowest BCUT2D eigenvalue weighted by Crippen LogP contribution is -1.97. The van der Waals surface area contributed by atoms with Gasteiger partial charge in [0.2, 0.25) is 0 Å². The second-order valence-corrected chi connectivity index (χ2v) is 2.34. The number of hydrogen-bond donors (Lipinski definition) is 3. The lowest BCUT2D eigenvalue weighted by atomic mass is 10.1. The van der Waals surface area contributed by atoms with Crippen LogP contribution in [0, 0.1) is 0 Å². The first-order valence-electron chi connectivity index (χ1n) is 3.65. The van der Waals surface area contributed by atoms with Crippen molar-refractivity contribution in [3.05, 3.63) is 0 Å². The van der Waals surface area contributed by atoms with Gasteiger partial charge in [-0.2, -0.15) is 0 Å². The fourth-order valence-electron chi connectivity index (χ4n) is 0.690. The largest absolute Gasteiger partial charge is 0.393 e. The van der Waals surface area contributed by atoms with Gasteiger partial charge in [0.25, 0.3) is 0 Å². The van der Waals surface area contributed by atoms with Gasteiger partial charge >= 0.3 is 0 Å². The third-order valence-electron chi connectivity index (χ3n) is 1.23. The van der Waals surface area contributed by atoms with Crippen LogP contribution in [0.2, 0.25) is 0 Å². The average Bonchev–Trinajstić information content (AvgIpc) is 1.92. The minimum absolute atomic E-state index is 0.0958. The molecule has 0 fully saturated rings. The first-order chi connectivity index (χ1) is 4.77. The number of aliphatic hydroxyl groups is 1. The smallest absolute Gasteiger partial charge is 0.0512 e. The summed E-state index contributed by atoms with van der Waals surface area (Å²) in [5.41, 5.74) is 0. The minimum atomic E-state index is -0.0958. The Hall–Kier alpha value is -0.120. The van der Waals surface area contributed by atoms with Crippen LogP contribution < -0.4 is 0 Å². The van der Waals surface area contributed by atoms with E-state index in [1.165, 1.54) is 19.3 Å². The molecular formula is C7H18O3. The standard InChI is InChI=1S/C7H16O.H2O2/c1-3-4-5-6-7(2)8;1-2/h7-8H,3-6H2,1-2H3;1-2H. The Bertz CT molecular complexity index is 46.1. The molecule has 1 atom stereocenters. The number of aliphatic hydroxyl groups excluding tert-OH is 1. The zero-order valence-electron chi connectivity index (χ0n) is 6.75. The maximum Gasteiger partial charge on any atom is 0.0512 e. The van der Waals surface area contributed by atoms with Gasteiger partial charge in [0, 0.05) is 0 Å². The molecule has 0 rings (SSSR count).